The molecule has 0 amide bonds. The first kappa shape index (κ1) is 7.32. The number of rotatable bonds is 0. The second-order valence-electron chi connectivity index (χ2n) is 3.60. The standard InChI is InChI=1S/C9H14O2/c1-6-2-3-7-4-11-5-8(7)9(6)10/h2-3,6-10H,4-5H2,1H3/t6-,7-,8-,9-/m0/s1. The summed E-state index contributed by atoms with van der Waals surface area (Å²) < 4.78 is 5.30. The van der Waals surface area contributed by atoms with Gasteiger partial charge in [-0.3, -0.25) is 0 Å². The zero-order valence-corrected chi connectivity index (χ0v) is 6.73. The summed E-state index contributed by atoms with van der Waals surface area (Å²) in [6, 6.07) is 0. The lowest BCUT2D eigenvalue weighted by Crippen LogP contribution is -2.34. The van der Waals surface area contributed by atoms with E-state index >= 15 is 0 Å². The number of fused-ring (bicyclic) bond motifs is 1. The molecule has 1 heterocycles. The van der Waals surface area contributed by atoms with Gasteiger partial charge < -0.3 is 9.84 Å². The Labute approximate surface area is 66.9 Å². The Morgan fingerprint density at radius 1 is 1.36 bits per heavy atom. The summed E-state index contributed by atoms with van der Waals surface area (Å²) in [6.45, 7) is 3.58. The van der Waals surface area contributed by atoms with Gasteiger partial charge in [0.1, 0.15) is 0 Å². The van der Waals surface area contributed by atoms with Crippen LogP contribution in [0.4, 0.5) is 0 Å². The Morgan fingerprint density at radius 2 is 2.18 bits per heavy atom. The Kier molecular flexibility index (Phi) is 1.74. The zero-order chi connectivity index (χ0) is 7.84. The molecule has 1 N–H and O–H groups in total. The summed E-state index contributed by atoms with van der Waals surface area (Å²) >= 11 is 0. The molecule has 1 saturated heterocycles. The smallest absolute Gasteiger partial charge is 0.0656 e. The molecule has 0 radical (unpaired) electrons. The highest BCUT2D eigenvalue weighted by molar-refractivity contribution is 5.06. The zero-order valence-electron chi connectivity index (χ0n) is 6.73. The fraction of sp³-hybridized carbons (Fsp3) is 0.778. The van der Waals surface area contributed by atoms with Crippen molar-refractivity contribution < 1.29 is 9.84 Å². The summed E-state index contributed by atoms with van der Waals surface area (Å²) in [4.78, 5) is 0. The van der Waals surface area contributed by atoms with E-state index in [4.69, 9.17) is 4.74 Å². The van der Waals surface area contributed by atoms with Crippen LogP contribution in [0.1, 0.15) is 6.92 Å². The van der Waals surface area contributed by atoms with Crippen LogP contribution in [-0.4, -0.2) is 24.4 Å². The maximum absolute atomic E-state index is 9.72. The molecule has 1 aliphatic carbocycles. The van der Waals surface area contributed by atoms with Gasteiger partial charge in [0, 0.05) is 17.8 Å². The number of hydrogen-bond donors (Lipinski definition) is 1. The van der Waals surface area contributed by atoms with Crippen molar-refractivity contribution in [2.75, 3.05) is 13.2 Å². The molecular weight excluding hydrogens is 140 g/mol. The lowest BCUT2D eigenvalue weighted by Gasteiger charge is -2.28. The van der Waals surface area contributed by atoms with Crippen LogP contribution in [0.2, 0.25) is 0 Å². The van der Waals surface area contributed by atoms with E-state index in [0.717, 1.165) is 13.2 Å². The third-order valence-corrected chi connectivity index (χ3v) is 2.81. The predicted molar refractivity (Wildman–Crippen MR) is 42.1 cm³/mol. The van der Waals surface area contributed by atoms with Gasteiger partial charge in [0.15, 0.2) is 0 Å². The molecule has 0 aromatic rings. The lowest BCUT2D eigenvalue weighted by molar-refractivity contribution is 0.0527. The maximum Gasteiger partial charge on any atom is 0.0656 e. The van der Waals surface area contributed by atoms with Crippen molar-refractivity contribution in [3.05, 3.63) is 12.2 Å². The second-order valence-corrected chi connectivity index (χ2v) is 3.60. The molecule has 4 atom stereocenters. The van der Waals surface area contributed by atoms with Gasteiger partial charge in [-0.25, -0.2) is 0 Å². The molecule has 0 aromatic heterocycles. The Balaban J connectivity index is 2.17. The Hall–Kier alpha value is -0.340. The molecular formula is C9H14O2. The van der Waals surface area contributed by atoms with Crippen molar-refractivity contribution in [3.63, 3.8) is 0 Å². The van der Waals surface area contributed by atoms with Gasteiger partial charge in [-0.2, -0.15) is 0 Å². The topological polar surface area (TPSA) is 29.5 Å². The van der Waals surface area contributed by atoms with Gasteiger partial charge in [-0.05, 0) is 0 Å². The van der Waals surface area contributed by atoms with E-state index in [2.05, 4.69) is 19.1 Å². The largest absolute Gasteiger partial charge is 0.392 e. The SMILES string of the molecule is C[C@H]1C=C[C@H]2COC[C@@H]2[C@H]1O. The molecule has 0 spiro atoms. The maximum atomic E-state index is 9.72. The summed E-state index contributed by atoms with van der Waals surface area (Å²) in [7, 11) is 0. The Bertz CT molecular complexity index is 176. The minimum absolute atomic E-state index is 0.188. The Morgan fingerprint density at radius 3 is 3.00 bits per heavy atom. The summed E-state index contributed by atoms with van der Waals surface area (Å²) in [5.41, 5.74) is 0. The lowest BCUT2D eigenvalue weighted by atomic mass is 9.79. The van der Waals surface area contributed by atoms with Crippen molar-refractivity contribution in [1.82, 2.24) is 0 Å². The van der Waals surface area contributed by atoms with Gasteiger partial charge in [0.2, 0.25) is 0 Å². The molecule has 0 aromatic carbocycles. The van der Waals surface area contributed by atoms with E-state index in [-0.39, 0.29) is 6.10 Å². The molecule has 0 unspecified atom stereocenters. The summed E-state index contributed by atoms with van der Waals surface area (Å²) in [6.07, 6.45) is 4.10. The number of ether oxygens (including phenoxy) is 1. The molecule has 62 valence electrons. The molecule has 2 aliphatic rings. The third kappa shape index (κ3) is 1.10. The molecule has 2 heteroatoms. The first-order valence-electron chi connectivity index (χ1n) is 4.23. The molecule has 11 heavy (non-hydrogen) atoms. The molecule has 2 rings (SSSR count). The average molecular weight is 154 g/mol. The van der Waals surface area contributed by atoms with Crippen LogP contribution in [-0.2, 0) is 4.74 Å². The van der Waals surface area contributed by atoms with Crippen LogP contribution in [0, 0.1) is 17.8 Å². The van der Waals surface area contributed by atoms with Crippen LogP contribution < -0.4 is 0 Å². The second kappa shape index (κ2) is 2.61. The van der Waals surface area contributed by atoms with Crippen LogP contribution in [0.3, 0.4) is 0 Å². The van der Waals surface area contributed by atoms with Gasteiger partial charge in [0.25, 0.3) is 0 Å². The normalized spacial score (nSPS) is 49.3. The molecule has 0 saturated carbocycles. The summed E-state index contributed by atoms with van der Waals surface area (Å²) in [5.74, 6) is 1.13. The van der Waals surface area contributed by atoms with Crippen molar-refractivity contribution in [1.29, 1.82) is 0 Å². The van der Waals surface area contributed by atoms with E-state index < -0.39 is 0 Å². The minimum atomic E-state index is -0.188. The number of aliphatic hydroxyl groups is 1. The van der Waals surface area contributed by atoms with Gasteiger partial charge in [-0.15, -0.1) is 0 Å². The third-order valence-electron chi connectivity index (χ3n) is 2.81. The van der Waals surface area contributed by atoms with E-state index in [1.54, 1.807) is 0 Å². The highest BCUT2D eigenvalue weighted by atomic mass is 16.5. The van der Waals surface area contributed by atoms with Gasteiger partial charge >= 0.3 is 0 Å². The van der Waals surface area contributed by atoms with E-state index in [1.165, 1.54) is 0 Å². The van der Waals surface area contributed by atoms with Crippen LogP contribution >= 0.6 is 0 Å². The predicted octanol–water partition coefficient (Wildman–Crippen LogP) is 0.816. The molecule has 1 aliphatic heterocycles. The molecule has 1 fully saturated rings. The molecule has 0 bridgehead atoms. The number of aliphatic hydroxyl groups excluding tert-OH is 1. The average Bonchev–Trinajstić information content (AvgIpc) is 2.45. The fourth-order valence-electron chi connectivity index (χ4n) is 1.96. The van der Waals surface area contributed by atoms with Crippen molar-refractivity contribution in [3.8, 4) is 0 Å². The summed E-state index contributed by atoms with van der Waals surface area (Å²) in [5, 5.41) is 9.72. The van der Waals surface area contributed by atoms with Crippen LogP contribution in [0.5, 0.6) is 0 Å². The highest BCUT2D eigenvalue weighted by Crippen LogP contribution is 2.33. The van der Waals surface area contributed by atoms with Crippen molar-refractivity contribution in [2.45, 2.75) is 13.0 Å². The van der Waals surface area contributed by atoms with Crippen molar-refractivity contribution >= 4 is 0 Å². The van der Waals surface area contributed by atoms with Crippen molar-refractivity contribution in [2.24, 2.45) is 17.8 Å². The monoisotopic (exact) mass is 154 g/mol. The highest BCUT2D eigenvalue weighted by Gasteiger charge is 2.36. The first-order valence-corrected chi connectivity index (χ1v) is 4.23. The van der Waals surface area contributed by atoms with Crippen LogP contribution in [0.15, 0.2) is 12.2 Å². The fourth-order valence-corrected chi connectivity index (χ4v) is 1.96. The molecule has 2 nitrogen and oxygen atoms in total. The minimum Gasteiger partial charge on any atom is -0.392 e. The first-order chi connectivity index (χ1) is 5.29. The quantitative estimate of drug-likeness (QED) is 0.523. The number of hydrogen-bond acceptors (Lipinski definition) is 2. The van der Waals surface area contributed by atoms with Crippen LogP contribution in [0.25, 0.3) is 0 Å². The van der Waals surface area contributed by atoms with Gasteiger partial charge in [0.05, 0.1) is 19.3 Å². The van der Waals surface area contributed by atoms with Gasteiger partial charge in [-0.1, -0.05) is 19.1 Å². The van der Waals surface area contributed by atoms with E-state index in [1.807, 2.05) is 0 Å². The van der Waals surface area contributed by atoms with E-state index in [9.17, 15) is 5.11 Å². The van der Waals surface area contributed by atoms with E-state index in [0.29, 0.717) is 17.8 Å².